The predicted molar refractivity (Wildman–Crippen MR) is 86.8 cm³/mol. The smallest absolute Gasteiger partial charge is 0.243 e. The topological polar surface area (TPSA) is 92.5 Å². The van der Waals surface area contributed by atoms with Crippen LogP contribution in [0.1, 0.15) is 26.2 Å². The molecule has 6 nitrogen and oxygen atoms in total. The van der Waals surface area contributed by atoms with E-state index in [1.165, 1.54) is 19.2 Å². The Labute approximate surface area is 132 Å². The summed E-state index contributed by atoms with van der Waals surface area (Å²) in [5.41, 5.74) is 5.62. The predicted octanol–water partition coefficient (Wildman–Crippen LogP) is 0.941. The van der Waals surface area contributed by atoms with Crippen LogP contribution in [0.5, 0.6) is 0 Å². The van der Waals surface area contributed by atoms with Crippen LogP contribution >= 0.6 is 0 Å². The number of hydrogen-bond donors (Lipinski definition) is 2. The maximum absolute atomic E-state index is 12.3. The summed E-state index contributed by atoms with van der Waals surface area (Å²) in [4.78, 5) is 12.2. The first-order valence-corrected chi connectivity index (χ1v) is 8.86. The molecule has 1 aromatic carbocycles. The van der Waals surface area contributed by atoms with E-state index < -0.39 is 10.0 Å². The van der Waals surface area contributed by atoms with E-state index in [1.807, 2.05) is 0 Å². The van der Waals surface area contributed by atoms with E-state index in [0.29, 0.717) is 6.54 Å². The molecule has 124 valence electrons. The van der Waals surface area contributed by atoms with Crippen molar-refractivity contribution in [3.8, 4) is 0 Å². The van der Waals surface area contributed by atoms with Crippen LogP contribution < -0.4 is 11.1 Å². The van der Waals surface area contributed by atoms with E-state index in [1.54, 1.807) is 18.2 Å². The van der Waals surface area contributed by atoms with E-state index in [0.717, 1.165) is 23.6 Å². The van der Waals surface area contributed by atoms with Gasteiger partial charge < -0.3 is 11.1 Å². The van der Waals surface area contributed by atoms with Gasteiger partial charge in [-0.15, -0.1) is 0 Å². The van der Waals surface area contributed by atoms with Crippen LogP contribution in [0, 0.1) is 0 Å². The minimum atomic E-state index is -3.65. The van der Waals surface area contributed by atoms with Crippen molar-refractivity contribution in [3.05, 3.63) is 30.3 Å². The second kappa shape index (κ2) is 8.87. The standard InChI is InChI=1S/C15H25N3O3S/c1-3-4-8-13(11-16)17-15(19)12-18(2)22(20,21)14-9-6-5-7-10-14/h5-7,9-10,13H,3-4,8,11-12,16H2,1-2H3,(H,17,19). The normalized spacial score (nSPS) is 13.1. The fraction of sp³-hybridized carbons (Fsp3) is 0.533. The van der Waals surface area contributed by atoms with Gasteiger partial charge in [-0.2, -0.15) is 4.31 Å². The molecule has 0 saturated carbocycles. The molecule has 22 heavy (non-hydrogen) atoms. The van der Waals surface area contributed by atoms with Crippen LogP contribution in [0.25, 0.3) is 0 Å². The van der Waals surface area contributed by atoms with Gasteiger partial charge in [-0.05, 0) is 18.6 Å². The van der Waals surface area contributed by atoms with Crippen molar-refractivity contribution in [1.82, 2.24) is 9.62 Å². The number of sulfonamides is 1. The third-order valence-corrected chi connectivity index (χ3v) is 5.19. The van der Waals surface area contributed by atoms with Crippen molar-refractivity contribution >= 4 is 15.9 Å². The average Bonchev–Trinajstić information content (AvgIpc) is 2.52. The molecule has 0 aliphatic carbocycles. The lowest BCUT2D eigenvalue weighted by Gasteiger charge is -2.20. The van der Waals surface area contributed by atoms with Gasteiger partial charge in [-0.25, -0.2) is 8.42 Å². The Bertz CT molecular complexity index is 561. The van der Waals surface area contributed by atoms with Gasteiger partial charge in [0, 0.05) is 19.6 Å². The van der Waals surface area contributed by atoms with Crippen LogP contribution in [0.2, 0.25) is 0 Å². The van der Waals surface area contributed by atoms with E-state index in [4.69, 9.17) is 5.73 Å². The van der Waals surface area contributed by atoms with Crippen molar-refractivity contribution in [2.75, 3.05) is 20.1 Å². The van der Waals surface area contributed by atoms with E-state index in [-0.39, 0.29) is 23.4 Å². The Morgan fingerprint density at radius 2 is 1.95 bits per heavy atom. The van der Waals surface area contributed by atoms with Crippen molar-refractivity contribution in [1.29, 1.82) is 0 Å². The highest BCUT2D eigenvalue weighted by atomic mass is 32.2. The molecule has 1 aromatic rings. The highest BCUT2D eigenvalue weighted by Gasteiger charge is 2.23. The number of rotatable bonds is 9. The third kappa shape index (κ3) is 5.40. The molecule has 0 saturated heterocycles. The Kier molecular flexibility index (Phi) is 7.50. The van der Waals surface area contributed by atoms with Crippen molar-refractivity contribution in [3.63, 3.8) is 0 Å². The molecule has 1 rings (SSSR count). The summed E-state index contributed by atoms with van der Waals surface area (Å²) in [6.07, 6.45) is 2.79. The number of nitrogens with two attached hydrogens (primary N) is 1. The molecule has 7 heteroatoms. The molecular formula is C15H25N3O3S. The van der Waals surface area contributed by atoms with Crippen molar-refractivity contribution in [2.45, 2.75) is 37.1 Å². The first kappa shape index (κ1) is 18.6. The molecule has 0 bridgehead atoms. The largest absolute Gasteiger partial charge is 0.351 e. The number of likely N-dealkylation sites (N-methyl/N-ethyl adjacent to an activating group) is 1. The van der Waals surface area contributed by atoms with Crippen LogP contribution in [0.15, 0.2) is 35.2 Å². The minimum absolute atomic E-state index is 0.111. The highest BCUT2D eigenvalue weighted by Crippen LogP contribution is 2.13. The van der Waals surface area contributed by atoms with E-state index >= 15 is 0 Å². The molecule has 0 aliphatic heterocycles. The van der Waals surface area contributed by atoms with Gasteiger partial charge in [0.15, 0.2) is 0 Å². The van der Waals surface area contributed by atoms with Crippen molar-refractivity contribution in [2.24, 2.45) is 5.73 Å². The summed E-state index contributed by atoms with van der Waals surface area (Å²) >= 11 is 0. The summed E-state index contributed by atoms with van der Waals surface area (Å²) in [6, 6.07) is 7.94. The first-order chi connectivity index (χ1) is 10.4. The molecule has 0 radical (unpaired) electrons. The van der Waals surface area contributed by atoms with Gasteiger partial charge in [0.05, 0.1) is 11.4 Å². The van der Waals surface area contributed by atoms with E-state index in [2.05, 4.69) is 12.2 Å². The highest BCUT2D eigenvalue weighted by molar-refractivity contribution is 7.89. The Morgan fingerprint density at radius 1 is 1.32 bits per heavy atom. The fourth-order valence-electron chi connectivity index (χ4n) is 2.03. The average molecular weight is 327 g/mol. The second-order valence-corrected chi connectivity index (χ2v) is 7.26. The number of unbranched alkanes of at least 4 members (excludes halogenated alkanes) is 1. The summed E-state index contributed by atoms with van der Waals surface area (Å²) in [7, 11) is -2.26. The number of carbonyl (C=O) groups is 1. The lowest BCUT2D eigenvalue weighted by molar-refractivity contribution is -0.121. The summed E-state index contributed by atoms with van der Waals surface area (Å²) in [5.74, 6) is -0.339. The van der Waals surface area contributed by atoms with Gasteiger partial charge in [0.25, 0.3) is 0 Å². The monoisotopic (exact) mass is 327 g/mol. The summed E-state index contributed by atoms with van der Waals surface area (Å²) in [6.45, 7) is 2.19. The maximum atomic E-state index is 12.3. The quantitative estimate of drug-likeness (QED) is 0.706. The Morgan fingerprint density at radius 3 is 2.50 bits per heavy atom. The molecule has 1 unspecified atom stereocenters. The second-order valence-electron chi connectivity index (χ2n) is 5.22. The lowest BCUT2D eigenvalue weighted by atomic mass is 10.1. The van der Waals surface area contributed by atoms with Crippen molar-refractivity contribution < 1.29 is 13.2 Å². The third-order valence-electron chi connectivity index (χ3n) is 3.37. The van der Waals surface area contributed by atoms with Crippen LogP contribution in [-0.2, 0) is 14.8 Å². The summed E-state index contributed by atoms with van der Waals surface area (Å²) < 4.78 is 25.7. The Hall–Kier alpha value is -1.44. The molecule has 0 heterocycles. The van der Waals surface area contributed by atoms with Gasteiger partial charge in [0.2, 0.25) is 15.9 Å². The van der Waals surface area contributed by atoms with Crippen LogP contribution in [-0.4, -0.2) is 44.8 Å². The molecule has 0 fully saturated rings. The fourth-order valence-corrected chi connectivity index (χ4v) is 3.18. The van der Waals surface area contributed by atoms with Gasteiger partial charge in [-0.1, -0.05) is 38.0 Å². The number of hydrogen-bond acceptors (Lipinski definition) is 4. The Balaban J connectivity index is 2.63. The SMILES string of the molecule is CCCCC(CN)NC(=O)CN(C)S(=O)(=O)c1ccccc1. The van der Waals surface area contributed by atoms with Crippen LogP contribution in [0.4, 0.5) is 0 Å². The lowest BCUT2D eigenvalue weighted by Crippen LogP contribution is -2.45. The number of amides is 1. The van der Waals surface area contributed by atoms with Gasteiger partial charge in [0.1, 0.15) is 0 Å². The number of benzene rings is 1. The molecule has 0 aromatic heterocycles. The minimum Gasteiger partial charge on any atom is -0.351 e. The number of carbonyl (C=O) groups excluding carboxylic acids is 1. The molecule has 0 spiro atoms. The summed E-state index contributed by atoms with van der Waals surface area (Å²) in [5, 5.41) is 2.79. The number of nitrogens with zero attached hydrogens (tertiary/aromatic N) is 1. The van der Waals surface area contributed by atoms with E-state index in [9.17, 15) is 13.2 Å². The molecule has 1 atom stereocenters. The molecular weight excluding hydrogens is 302 g/mol. The molecule has 0 aliphatic rings. The molecule has 1 amide bonds. The molecule has 3 N–H and O–H groups in total. The maximum Gasteiger partial charge on any atom is 0.243 e. The zero-order valence-corrected chi connectivity index (χ0v) is 14.0. The van der Waals surface area contributed by atoms with Gasteiger partial charge in [-0.3, -0.25) is 4.79 Å². The zero-order chi connectivity index (χ0) is 16.6. The first-order valence-electron chi connectivity index (χ1n) is 7.42. The van der Waals surface area contributed by atoms with Gasteiger partial charge >= 0.3 is 0 Å². The number of nitrogens with one attached hydrogen (secondary N) is 1. The zero-order valence-electron chi connectivity index (χ0n) is 13.2. The van der Waals surface area contributed by atoms with Crippen LogP contribution in [0.3, 0.4) is 0 Å².